The van der Waals surface area contributed by atoms with Crippen LogP contribution in [0.5, 0.6) is 0 Å². The molecule has 1 saturated carbocycles. The molecule has 0 aliphatic heterocycles. The highest BCUT2D eigenvalue weighted by Crippen LogP contribution is 2.30. The van der Waals surface area contributed by atoms with Gasteiger partial charge in [0.1, 0.15) is 0 Å². The Hall–Kier alpha value is -1.35. The summed E-state index contributed by atoms with van der Waals surface area (Å²) in [4.78, 5) is 13.5. The first-order valence-corrected chi connectivity index (χ1v) is 7.67. The van der Waals surface area contributed by atoms with E-state index in [1.54, 1.807) is 0 Å². The summed E-state index contributed by atoms with van der Waals surface area (Å²) >= 11 is 0. The molecule has 0 spiro atoms. The van der Waals surface area contributed by atoms with E-state index in [4.69, 9.17) is 0 Å². The summed E-state index contributed by atoms with van der Waals surface area (Å²) in [6.45, 7) is 0. The van der Waals surface area contributed by atoms with Gasteiger partial charge in [0.15, 0.2) is 0 Å². The second kappa shape index (κ2) is 7.44. The van der Waals surface area contributed by atoms with Crippen LogP contribution < -0.4 is 0 Å². The molecule has 3 heteroatoms. The highest BCUT2D eigenvalue weighted by molar-refractivity contribution is 5.68. The van der Waals surface area contributed by atoms with Crippen molar-refractivity contribution in [3.63, 3.8) is 0 Å². The van der Waals surface area contributed by atoms with Gasteiger partial charge in [-0.25, -0.2) is 0 Å². The summed E-state index contributed by atoms with van der Waals surface area (Å²) < 4.78 is 0. The molecule has 110 valence electrons. The van der Waals surface area contributed by atoms with Crippen LogP contribution in [-0.4, -0.2) is 29.1 Å². The number of aliphatic carboxylic acids is 1. The van der Waals surface area contributed by atoms with Gasteiger partial charge in [-0.2, -0.15) is 0 Å². The second-order valence-corrected chi connectivity index (χ2v) is 5.84. The third kappa shape index (κ3) is 4.07. The molecule has 2 rings (SSSR count). The molecular formula is C17H25NO2. The van der Waals surface area contributed by atoms with Crippen LogP contribution in [0.15, 0.2) is 30.3 Å². The van der Waals surface area contributed by atoms with Gasteiger partial charge in [0.25, 0.3) is 0 Å². The Balaban J connectivity index is 2.14. The van der Waals surface area contributed by atoms with Crippen molar-refractivity contribution in [3.05, 3.63) is 35.9 Å². The third-order valence-electron chi connectivity index (χ3n) is 4.44. The average Bonchev–Trinajstić information content (AvgIpc) is 2.74. The SMILES string of the molecule is CN(C1CCCCCC1)C(CC(=O)O)c1ccccc1. The molecule has 0 amide bonds. The zero-order valence-corrected chi connectivity index (χ0v) is 12.3. The normalized spacial score (nSPS) is 18.7. The van der Waals surface area contributed by atoms with Crippen molar-refractivity contribution in [2.75, 3.05) is 7.05 Å². The van der Waals surface area contributed by atoms with Crippen LogP contribution in [-0.2, 0) is 4.79 Å². The Morgan fingerprint density at radius 2 is 1.80 bits per heavy atom. The number of carboxylic acids is 1. The third-order valence-corrected chi connectivity index (χ3v) is 4.44. The van der Waals surface area contributed by atoms with Gasteiger partial charge in [-0.1, -0.05) is 56.0 Å². The number of hydrogen-bond acceptors (Lipinski definition) is 2. The van der Waals surface area contributed by atoms with Crippen molar-refractivity contribution in [2.45, 2.75) is 57.0 Å². The first-order valence-electron chi connectivity index (χ1n) is 7.67. The van der Waals surface area contributed by atoms with E-state index in [0.717, 1.165) is 5.56 Å². The Morgan fingerprint density at radius 3 is 2.35 bits per heavy atom. The van der Waals surface area contributed by atoms with Crippen molar-refractivity contribution < 1.29 is 9.90 Å². The lowest BCUT2D eigenvalue weighted by Crippen LogP contribution is -2.36. The zero-order chi connectivity index (χ0) is 14.4. The molecule has 1 aromatic carbocycles. The minimum atomic E-state index is -0.723. The van der Waals surface area contributed by atoms with E-state index in [0.29, 0.717) is 6.04 Å². The Morgan fingerprint density at radius 1 is 1.20 bits per heavy atom. The molecule has 0 aromatic heterocycles. The summed E-state index contributed by atoms with van der Waals surface area (Å²) in [5.74, 6) is -0.723. The van der Waals surface area contributed by atoms with Gasteiger partial charge >= 0.3 is 5.97 Å². The molecule has 0 bridgehead atoms. The molecular weight excluding hydrogens is 250 g/mol. The Labute approximate surface area is 121 Å². The second-order valence-electron chi connectivity index (χ2n) is 5.84. The summed E-state index contributed by atoms with van der Waals surface area (Å²) in [7, 11) is 2.09. The summed E-state index contributed by atoms with van der Waals surface area (Å²) in [6, 6.07) is 10.5. The van der Waals surface area contributed by atoms with E-state index < -0.39 is 5.97 Å². The summed E-state index contributed by atoms with van der Waals surface area (Å²) in [6.07, 6.45) is 7.74. The van der Waals surface area contributed by atoms with E-state index in [1.165, 1.54) is 38.5 Å². The van der Waals surface area contributed by atoms with E-state index in [1.807, 2.05) is 30.3 Å². The quantitative estimate of drug-likeness (QED) is 0.830. The minimum absolute atomic E-state index is 0.0169. The molecule has 1 N–H and O–H groups in total. The predicted octanol–water partition coefficient (Wildman–Crippen LogP) is 3.86. The molecule has 1 aliphatic carbocycles. The number of rotatable bonds is 5. The van der Waals surface area contributed by atoms with Gasteiger partial charge in [0, 0.05) is 12.1 Å². The Bertz CT molecular complexity index is 410. The van der Waals surface area contributed by atoms with Gasteiger partial charge in [0.05, 0.1) is 6.42 Å². The molecule has 1 fully saturated rings. The molecule has 1 aliphatic rings. The number of carboxylic acid groups (broad SMARTS) is 1. The van der Waals surface area contributed by atoms with Crippen molar-refractivity contribution in [2.24, 2.45) is 0 Å². The van der Waals surface area contributed by atoms with Gasteiger partial charge in [-0.15, -0.1) is 0 Å². The van der Waals surface area contributed by atoms with Crippen molar-refractivity contribution in [1.29, 1.82) is 0 Å². The van der Waals surface area contributed by atoms with Crippen LogP contribution in [0.3, 0.4) is 0 Å². The predicted molar refractivity (Wildman–Crippen MR) is 80.7 cm³/mol. The van der Waals surface area contributed by atoms with Crippen molar-refractivity contribution in [1.82, 2.24) is 4.90 Å². The van der Waals surface area contributed by atoms with Gasteiger partial charge < -0.3 is 5.11 Å². The standard InChI is InChI=1S/C17H25NO2/c1-18(15-11-7-2-3-8-12-15)16(13-17(19)20)14-9-5-4-6-10-14/h4-6,9-10,15-16H,2-3,7-8,11-13H2,1H3,(H,19,20). The van der Waals surface area contributed by atoms with E-state index >= 15 is 0 Å². The van der Waals surface area contributed by atoms with Gasteiger partial charge in [0.2, 0.25) is 0 Å². The highest BCUT2D eigenvalue weighted by atomic mass is 16.4. The lowest BCUT2D eigenvalue weighted by molar-refractivity contribution is -0.138. The first-order chi connectivity index (χ1) is 9.68. The topological polar surface area (TPSA) is 40.5 Å². The smallest absolute Gasteiger partial charge is 0.305 e. The van der Waals surface area contributed by atoms with Crippen LogP contribution in [0.2, 0.25) is 0 Å². The van der Waals surface area contributed by atoms with E-state index in [2.05, 4.69) is 11.9 Å². The van der Waals surface area contributed by atoms with Crippen LogP contribution in [0, 0.1) is 0 Å². The minimum Gasteiger partial charge on any atom is -0.481 e. The fourth-order valence-electron chi connectivity index (χ4n) is 3.26. The fraction of sp³-hybridized carbons (Fsp3) is 0.588. The van der Waals surface area contributed by atoms with E-state index in [9.17, 15) is 9.90 Å². The molecule has 20 heavy (non-hydrogen) atoms. The van der Waals surface area contributed by atoms with Crippen molar-refractivity contribution in [3.8, 4) is 0 Å². The van der Waals surface area contributed by atoms with Crippen molar-refractivity contribution >= 4 is 5.97 Å². The molecule has 0 heterocycles. The monoisotopic (exact) mass is 275 g/mol. The Kier molecular flexibility index (Phi) is 5.60. The van der Waals surface area contributed by atoms with Crippen LogP contribution >= 0.6 is 0 Å². The molecule has 0 radical (unpaired) electrons. The zero-order valence-electron chi connectivity index (χ0n) is 12.3. The number of benzene rings is 1. The summed E-state index contributed by atoms with van der Waals surface area (Å²) in [5.41, 5.74) is 1.11. The van der Waals surface area contributed by atoms with E-state index in [-0.39, 0.29) is 12.5 Å². The summed E-state index contributed by atoms with van der Waals surface area (Å²) in [5, 5.41) is 9.22. The average molecular weight is 275 g/mol. The number of hydrogen-bond donors (Lipinski definition) is 1. The maximum atomic E-state index is 11.2. The van der Waals surface area contributed by atoms with Gasteiger partial charge in [-0.3, -0.25) is 9.69 Å². The first kappa shape index (κ1) is 15.0. The maximum absolute atomic E-state index is 11.2. The molecule has 1 unspecified atom stereocenters. The highest BCUT2D eigenvalue weighted by Gasteiger charge is 2.26. The lowest BCUT2D eigenvalue weighted by Gasteiger charge is -2.34. The molecule has 1 atom stereocenters. The lowest BCUT2D eigenvalue weighted by atomic mass is 9.98. The molecule has 0 saturated heterocycles. The number of nitrogens with zero attached hydrogens (tertiary/aromatic N) is 1. The molecule has 1 aromatic rings. The fourth-order valence-corrected chi connectivity index (χ4v) is 3.26. The molecule has 3 nitrogen and oxygen atoms in total. The van der Waals surface area contributed by atoms with Crippen LogP contribution in [0.25, 0.3) is 0 Å². The largest absolute Gasteiger partial charge is 0.481 e. The van der Waals surface area contributed by atoms with Crippen LogP contribution in [0.1, 0.15) is 56.6 Å². The van der Waals surface area contributed by atoms with Crippen LogP contribution in [0.4, 0.5) is 0 Å². The maximum Gasteiger partial charge on any atom is 0.305 e. The van der Waals surface area contributed by atoms with Gasteiger partial charge in [-0.05, 0) is 25.5 Å². The number of carbonyl (C=O) groups is 1.